The summed E-state index contributed by atoms with van der Waals surface area (Å²) < 4.78 is 0. The van der Waals surface area contributed by atoms with Gasteiger partial charge < -0.3 is 11.1 Å². The van der Waals surface area contributed by atoms with E-state index in [1.165, 1.54) is 16.7 Å². The van der Waals surface area contributed by atoms with Gasteiger partial charge >= 0.3 is 0 Å². The van der Waals surface area contributed by atoms with E-state index in [2.05, 4.69) is 51.2 Å². The maximum atomic E-state index is 5.49. The van der Waals surface area contributed by atoms with Crippen molar-refractivity contribution in [2.45, 2.75) is 39.5 Å². The molecule has 0 heterocycles. The molecule has 0 fully saturated rings. The molecule has 0 radical (unpaired) electrons. The molecule has 0 aliphatic carbocycles. The first-order valence-electron chi connectivity index (χ1n) is 6.46. The molecule has 0 aliphatic heterocycles. The number of hydrogen-bond donors (Lipinski definition) is 2. The van der Waals surface area contributed by atoms with Crippen LogP contribution in [-0.2, 0) is 5.41 Å². The molecule has 2 nitrogen and oxygen atoms in total. The molecular weight excluding hydrogens is 208 g/mol. The summed E-state index contributed by atoms with van der Waals surface area (Å²) in [5, 5.41) is 3.48. The first-order chi connectivity index (χ1) is 7.97. The van der Waals surface area contributed by atoms with Crippen molar-refractivity contribution in [2.24, 2.45) is 5.73 Å². The van der Waals surface area contributed by atoms with E-state index < -0.39 is 0 Å². The largest absolute Gasteiger partial charge is 0.330 e. The van der Waals surface area contributed by atoms with Crippen molar-refractivity contribution in [3.8, 4) is 0 Å². The molecule has 0 aromatic heterocycles. The van der Waals surface area contributed by atoms with Gasteiger partial charge in [-0.15, -0.1) is 0 Å². The number of nitrogens with two attached hydrogens (primary N) is 1. The van der Waals surface area contributed by atoms with Crippen molar-refractivity contribution in [1.82, 2.24) is 5.32 Å². The van der Waals surface area contributed by atoms with Crippen LogP contribution in [0.2, 0.25) is 0 Å². The van der Waals surface area contributed by atoms with Gasteiger partial charge in [-0.3, -0.25) is 0 Å². The monoisotopic (exact) mass is 234 g/mol. The van der Waals surface area contributed by atoms with Crippen LogP contribution in [0.15, 0.2) is 18.2 Å². The molecule has 1 rings (SSSR count). The van der Waals surface area contributed by atoms with Gasteiger partial charge in [-0.1, -0.05) is 32.0 Å². The fourth-order valence-corrected chi connectivity index (χ4v) is 1.89. The van der Waals surface area contributed by atoms with Gasteiger partial charge in [-0.2, -0.15) is 0 Å². The van der Waals surface area contributed by atoms with Crippen LogP contribution in [0, 0.1) is 13.8 Å². The molecule has 0 bridgehead atoms. The third-order valence-electron chi connectivity index (χ3n) is 3.41. The molecule has 2 heteroatoms. The predicted molar refractivity (Wildman–Crippen MR) is 75.5 cm³/mol. The Morgan fingerprint density at radius 3 is 2.47 bits per heavy atom. The fourth-order valence-electron chi connectivity index (χ4n) is 1.89. The molecule has 0 spiro atoms. The minimum Gasteiger partial charge on any atom is -0.330 e. The van der Waals surface area contributed by atoms with Gasteiger partial charge in [0, 0.05) is 12.0 Å². The van der Waals surface area contributed by atoms with Crippen LogP contribution in [0.25, 0.3) is 0 Å². The summed E-state index contributed by atoms with van der Waals surface area (Å²) in [6, 6.07) is 6.76. The smallest absolute Gasteiger partial charge is 0.00431 e. The zero-order valence-electron chi connectivity index (χ0n) is 11.6. The van der Waals surface area contributed by atoms with E-state index >= 15 is 0 Å². The third kappa shape index (κ3) is 4.14. The van der Waals surface area contributed by atoms with Crippen molar-refractivity contribution in [2.75, 3.05) is 19.6 Å². The molecule has 17 heavy (non-hydrogen) atoms. The van der Waals surface area contributed by atoms with E-state index in [9.17, 15) is 0 Å². The highest BCUT2D eigenvalue weighted by molar-refractivity contribution is 5.34. The highest BCUT2D eigenvalue weighted by Crippen LogP contribution is 2.24. The van der Waals surface area contributed by atoms with Crippen molar-refractivity contribution >= 4 is 0 Å². The Labute approximate surface area is 106 Å². The molecule has 1 aromatic rings. The summed E-state index contributed by atoms with van der Waals surface area (Å²) in [5.41, 5.74) is 9.80. The molecular formula is C15H26N2. The summed E-state index contributed by atoms with van der Waals surface area (Å²) >= 11 is 0. The van der Waals surface area contributed by atoms with E-state index in [0.29, 0.717) is 0 Å². The van der Waals surface area contributed by atoms with Gasteiger partial charge in [0.1, 0.15) is 0 Å². The first-order valence-corrected chi connectivity index (χ1v) is 6.46. The highest BCUT2D eigenvalue weighted by Gasteiger charge is 2.20. The topological polar surface area (TPSA) is 38.0 Å². The van der Waals surface area contributed by atoms with Crippen LogP contribution >= 0.6 is 0 Å². The van der Waals surface area contributed by atoms with Crippen molar-refractivity contribution < 1.29 is 0 Å². The van der Waals surface area contributed by atoms with Crippen molar-refractivity contribution in [3.05, 3.63) is 34.9 Å². The molecule has 0 saturated carbocycles. The van der Waals surface area contributed by atoms with Crippen LogP contribution in [-0.4, -0.2) is 19.6 Å². The lowest BCUT2D eigenvalue weighted by Crippen LogP contribution is -2.34. The number of nitrogens with one attached hydrogen (secondary N) is 1. The second-order valence-corrected chi connectivity index (χ2v) is 5.50. The Kier molecular flexibility index (Phi) is 5.16. The Morgan fingerprint density at radius 2 is 1.88 bits per heavy atom. The minimum absolute atomic E-state index is 0.174. The highest BCUT2D eigenvalue weighted by atomic mass is 14.9. The van der Waals surface area contributed by atoms with Gasteiger partial charge in [0.2, 0.25) is 0 Å². The van der Waals surface area contributed by atoms with Gasteiger partial charge in [0.25, 0.3) is 0 Å². The van der Waals surface area contributed by atoms with Gasteiger partial charge in [0.05, 0.1) is 0 Å². The van der Waals surface area contributed by atoms with Crippen molar-refractivity contribution in [1.29, 1.82) is 0 Å². The van der Waals surface area contributed by atoms with Crippen LogP contribution in [0.3, 0.4) is 0 Å². The summed E-state index contributed by atoms with van der Waals surface area (Å²) in [4.78, 5) is 0. The van der Waals surface area contributed by atoms with E-state index in [0.717, 1.165) is 26.1 Å². The molecule has 0 aliphatic rings. The predicted octanol–water partition coefficient (Wildman–Crippen LogP) is 2.52. The lowest BCUT2D eigenvalue weighted by atomic mass is 9.83. The summed E-state index contributed by atoms with van der Waals surface area (Å²) in [6.07, 6.45) is 1.04. The van der Waals surface area contributed by atoms with Crippen LogP contribution in [0.4, 0.5) is 0 Å². The Hall–Kier alpha value is -0.860. The first kappa shape index (κ1) is 14.2. The average Bonchev–Trinajstić information content (AvgIpc) is 2.28. The maximum Gasteiger partial charge on any atom is 0.00431 e. The van der Waals surface area contributed by atoms with Crippen LogP contribution in [0.5, 0.6) is 0 Å². The lowest BCUT2D eigenvalue weighted by molar-refractivity contribution is 0.467. The van der Waals surface area contributed by atoms with Gasteiger partial charge in [-0.25, -0.2) is 0 Å². The van der Waals surface area contributed by atoms with E-state index in [4.69, 9.17) is 5.73 Å². The summed E-state index contributed by atoms with van der Waals surface area (Å²) in [6.45, 7) is 11.7. The summed E-state index contributed by atoms with van der Waals surface area (Å²) in [7, 11) is 0. The molecule has 3 N–H and O–H groups in total. The van der Waals surface area contributed by atoms with Crippen molar-refractivity contribution in [3.63, 3.8) is 0 Å². The van der Waals surface area contributed by atoms with E-state index in [-0.39, 0.29) is 5.41 Å². The average molecular weight is 234 g/mol. The fraction of sp³-hybridized carbons (Fsp3) is 0.600. The normalized spacial score (nSPS) is 11.8. The Morgan fingerprint density at radius 1 is 1.18 bits per heavy atom. The van der Waals surface area contributed by atoms with Crippen LogP contribution in [0.1, 0.15) is 37.0 Å². The van der Waals surface area contributed by atoms with E-state index in [1.54, 1.807) is 0 Å². The maximum absolute atomic E-state index is 5.49. The molecule has 0 amide bonds. The number of benzene rings is 1. The zero-order valence-corrected chi connectivity index (χ0v) is 11.6. The molecule has 1 aromatic carbocycles. The second-order valence-electron chi connectivity index (χ2n) is 5.50. The Bertz CT molecular complexity index is 356. The van der Waals surface area contributed by atoms with Gasteiger partial charge in [0.15, 0.2) is 0 Å². The third-order valence-corrected chi connectivity index (χ3v) is 3.41. The van der Waals surface area contributed by atoms with Gasteiger partial charge in [-0.05, 0) is 50.0 Å². The zero-order chi connectivity index (χ0) is 12.9. The van der Waals surface area contributed by atoms with Crippen LogP contribution < -0.4 is 11.1 Å². The summed E-state index contributed by atoms with van der Waals surface area (Å²) in [5.74, 6) is 0. The molecule has 0 atom stereocenters. The number of rotatable bonds is 6. The number of hydrogen-bond acceptors (Lipinski definition) is 2. The standard InChI is InChI=1S/C15H26N2/c1-12-6-7-14(10-13(12)2)15(3,4)11-17-9-5-8-16/h6-7,10,17H,5,8-9,11,16H2,1-4H3. The molecule has 96 valence electrons. The SMILES string of the molecule is Cc1ccc(C(C)(C)CNCCCN)cc1C. The van der Waals surface area contributed by atoms with E-state index in [1.807, 2.05) is 0 Å². The molecule has 0 saturated heterocycles. The Balaban J connectivity index is 2.64. The lowest BCUT2D eigenvalue weighted by Gasteiger charge is -2.26. The quantitative estimate of drug-likeness (QED) is 0.742. The minimum atomic E-state index is 0.174. The molecule has 0 unspecified atom stereocenters. The second kappa shape index (κ2) is 6.18. The number of aryl methyl sites for hydroxylation is 2.